The molecule has 0 aliphatic carbocycles. The third-order valence-electron chi connectivity index (χ3n) is 3.21. The summed E-state index contributed by atoms with van der Waals surface area (Å²) < 4.78 is 1.11. The van der Waals surface area contributed by atoms with Gasteiger partial charge in [-0.05, 0) is 43.1 Å². The quantitative estimate of drug-likeness (QED) is 0.906. The van der Waals surface area contributed by atoms with Gasteiger partial charge in [-0.3, -0.25) is 0 Å². The largest absolute Gasteiger partial charge is 0.330 e. The normalized spacial score (nSPS) is 12.4. The Hall–Kier alpha value is -1.12. The van der Waals surface area contributed by atoms with E-state index in [4.69, 9.17) is 5.73 Å². The van der Waals surface area contributed by atoms with E-state index >= 15 is 0 Å². The molecule has 2 N–H and O–H groups in total. The SMILES string of the molecule is Cc1ccc(CC(CN)c2cccc(Br)c2)cc1. The molecule has 0 amide bonds. The molecular weight excluding hydrogens is 286 g/mol. The highest BCUT2D eigenvalue weighted by atomic mass is 79.9. The van der Waals surface area contributed by atoms with Gasteiger partial charge in [-0.25, -0.2) is 0 Å². The molecule has 1 atom stereocenters. The van der Waals surface area contributed by atoms with Crippen LogP contribution in [0.25, 0.3) is 0 Å². The average molecular weight is 304 g/mol. The molecule has 2 heteroatoms. The smallest absolute Gasteiger partial charge is 0.0178 e. The molecule has 0 heterocycles. The first-order valence-electron chi connectivity index (χ1n) is 6.20. The maximum absolute atomic E-state index is 5.92. The van der Waals surface area contributed by atoms with Crippen LogP contribution < -0.4 is 5.73 Å². The Bertz CT molecular complexity index is 505. The van der Waals surface area contributed by atoms with Crippen LogP contribution >= 0.6 is 15.9 Å². The summed E-state index contributed by atoms with van der Waals surface area (Å²) >= 11 is 3.51. The molecule has 0 radical (unpaired) electrons. The second kappa shape index (κ2) is 6.17. The molecule has 1 nitrogen and oxygen atoms in total. The molecule has 0 saturated carbocycles. The van der Waals surface area contributed by atoms with Crippen LogP contribution in [0, 0.1) is 6.92 Å². The first kappa shape index (κ1) is 13.3. The summed E-state index contributed by atoms with van der Waals surface area (Å²) in [6.07, 6.45) is 0.993. The van der Waals surface area contributed by atoms with Gasteiger partial charge in [-0.15, -0.1) is 0 Å². The van der Waals surface area contributed by atoms with Crippen molar-refractivity contribution >= 4 is 15.9 Å². The number of hydrogen-bond acceptors (Lipinski definition) is 1. The van der Waals surface area contributed by atoms with Gasteiger partial charge in [0.1, 0.15) is 0 Å². The minimum atomic E-state index is 0.380. The molecule has 0 fully saturated rings. The number of halogens is 1. The lowest BCUT2D eigenvalue weighted by molar-refractivity contribution is 0.694. The van der Waals surface area contributed by atoms with Crippen LogP contribution in [0.4, 0.5) is 0 Å². The Labute approximate surface area is 117 Å². The molecule has 0 aliphatic rings. The van der Waals surface area contributed by atoms with Gasteiger partial charge >= 0.3 is 0 Å². The fraction of sp³-hybridized carbons (Fsp3) is 0.250. The van der Waals surface area contributed by atoms with E-state index in [9.17, 15) is 0 Å². The summed E-state index contributed by atoms with van der Waals surface area (Å²) in [5, 5.41) is 0. The maximum atomic E-state index is 5.92. The van der Waals surface area contributed by atoms with Crippen molar-refractivity contribution in [1.29, 1.82) is 0 Å². The van der Waals surface area contributed by atoms with Crippen molar-refractivity contribution in [3.8, 4) is 0 Å². The van der Waals surface area contributed by atoms with Crippen molar-refractivity contribution in [2.75, 3.05) is 6.54 Å². The molecule has 2 aromatic rings. The Morgan fingerprint density at radius 1 is 1.11 bits per heavy atom. The van der Waals surface area contributed by atoms with Crippen LogP contribution in [0.3, 0.4) is 0 Å². The van der Waals surface area contributed by atoms with E-state index in [0.29, 0.717) is 12.5 Å². The molecule has 0 aliphatic heterocycles. The Morgan fingerprint density at radius 2 is 1.83 bits per heavy atom. The topological polar surface area (TPSA) is 26.0 Å². The lowest BCUT2D eigenvalue weighted by Gasteiger charge is -2.16. The van der Waals surface area contributed by atoms with E-state index in [2.05, 4.69) is 65.3 Å². The highest BCUT2D eigenvalue weighted by molar-refractivity contribution is 9.10. The summed E-state index contributed by atoms with van der Waals surface area (Å²) in [6.45, 7) is 2.78. The number of rotatable bonds is 4. The second-order valence-electron chi connectivity index (χ2n) is 4.68. The molecule has 94 valence electrons. The molecule has 0 spiro atoms. The fourth-order valence-corrected chi connectivity index (χ4v) is 2.52. The minimum absolute atomic E-state index is 0.380. The zero-order valence-corrected chi connectivity index (χ0v) is 12.2. The van der Waals surface area contributed by atoms with E-state index in [1.165, 1.54) is 16.7 Å². The van der Waals surface area contributed by atoms with E-state index < -0.39 is 0 Å². The van der Waals surface area contributed by atoms with Crippen molar-refractivity contribution in [2.45, 2.75) is 19.3 Å². The van der Waals surface area contributed by atoms with Crippen molar-refractivity contribution < 1.29 is 0 Å². The van der Waals surface area contributed by atoms with E-state index in [0.717, 1.165) is 10.9 Å². The molecule has 0 aromatic heterocycles. The second-order valence-corrected chi connectivity index (χ2v) is 5.59. The first-order chi connectivity index (χ1) is 8.69. The summed E-state index contributed by atoms with van der Waals surface area (Å²) in [4.78, 5) is 0. The van der Waals surface area contributed by atoms with Crippen molar-refractivity contribution in [2.24, 2.45) is 5.73 Å². The van der Waals surface area contributed by atoms with Gasteiger partial charge in [-0.1, -0.05) is 57.9 Å². The maximum Gasteiger partial charge on any atom is 0.0178 e. The molecule has 0 bridgehead atoms. The van der Waals surface area contributed by atoms with E-state index in [1.54, 1.807) is 0 Å². The molecule has 1 unspecified atom stereocenters. The Kier molecular flexibility index (Phi) is 4.56. The average Bonchev–Trinajstić information content (AvgIpc) is 2.38. The summed E-state index contributed by atoms with van der Waals surface area (Å²) in [6, 6.07) is 17.1. The molecule has 2 rings (SSSR count). The van der Waals surface area contributed by atoms with Crippen LogP contribution in [0.5, 0.6) is 0 Å². The highest BCUT2D eigenvalue weighted by Crippen LogP contribution is 2.23. The van der Waals surface area contributed by atoms with Gasteiger partial charge in [0.05, 0.1) is 0 Å². The fourth-order valence-electron chi connectivity index (χ4n) is 2.11. The van der Waals surface area contributed by atoms with Gasteiger partial charge in [0.15, 0.2) is 0 Å². The molecular formula is C16H18BrN. The number of benzene rings is 2. The van der Waals surface area contributed by atoms with Gasteiger partial charge in [0.2, 0.25) is 0 Å². The summed E-state index contributed by atoms with van der Waals surface area (Å²) in [7, 11) is 0. The third-order valence-corrected chi connectivity index (χ3v) is 3.70. The van der Waals surface area contributed by atoms with Crippen LogP contribution in [-0.4, -0.2) is 6.54 Å². The minimum Gasteiger partial charge on any atom is -0.330 e. The monoisotopic (exact) mass is 303 g/mol. The number of aryl methyl sites for hydroxylation is 1. The molecule has 2 aromatic carbocycles. The van der Waals surface area contributed by atoms with Crippen molar-refractivity contribution in [1.82, 2.24) is 0 Å². The number of hydrogen-bond donors (Lipinski definition) is 1. The highest BCUT2D eigenvalue weighted by Gasteiger charge is 2.10. The van der Waals surface area contributed by atoms with E-state index in [-0.39, 0.29) is 0 Å². The van der Waals surface area contributed by atoms with Crippen LogP contribution in [0.15, 0.2) is 53.0 Å². The van der Waals surface area contributed by atoms with Gasteiger partial charge in [0.25, 0.3) is 0 Å². The lowest BCUT2D eigenvalue weighted by Crippen LogP contribution is -2.15. The van der Waals surface area contributed by atoms with Gasteiger partial charge in [-0.2, -0.15) is 0 Å². The predicted molar refractivity (Wildman–Crippen MR) is 80.8 cm³/mol. The predicted octanol–water partition coefficient (Wildman–Crippen LogP) is 4.04. The lowest BCUT2D eigenvalue weighted by atomic mass is 9.92. The van der Waals surface area contributed by atoms with Crippen LogP contribution in [0.2, 0.25) is 0 Å². The molecule has 18 heavy (non-hydrogen) atoms. The zero-order chi connectivity index (χ0) is 13.0. The molecule has 0 saturated heterocycles. The van der Waals surface area contributed by atoms with Crippen molar-refractivity contribution in [3.63, 3.8) is 0 Å². The summed E-state index contributed by atoms with van der Waals surface area (Å²) in [5.74, 6) is 0.380. The Morgan fingerprint density at radius 3 is 2.44 bits per heavy atom. The van der Waals surface area contributed by atoms with Crippen LogP contribution in [0.1, 0.15) is 22.6 Å². The van der Waals surface area contributed by atoms with E-state index in [1.807, 2.05) is 6.07 Å². The van der Waals surface area contributed by atoms with Crippen LogP contribution in [-0.2, 0) is 6.42 Å². The van der Waals surface area contributed by atoms with Gasteiger partial charge in [0, 0.05) is 10.4 Å². The van der Waals surface area contributed by atoms with Crippen molar-refractivity contribution in [3.05, 3.63) is 69.7 Å². The number of nitrogens with two attached hydrogens (primary N) is 1. The summed E-state index contributed by atoms with van der Waals surface area (Å²) in [5.41, 5.74) is 9.86. The zero-order valence-electron chi connectivity index (χ0n) is 10.6. The van der Waals surface area contributed by atoms with Gasteiger partial charge < -0.3 is 5.73 Å². The first-order valence-corrected chi connectivity index (χ1v) is 6.99. The third kappa shape index (κ3) is 3.44. The standard InChI is InChI=1S/C16H18BrN/c1-12-5-7-13(8-6-12)9-15(11-18)14-3-2-4-16(17)10-14/h2-8,10,15H,9,11,18H2,1H3. The Balaban J connectivity index is 2.17.